The Hall–Kier alpha value is -2.02. The van der Waals surface area contributed by atoms with Crippen LogP contribution in [-0.2, 0) is 4.74 Å². The zero-order chi connectivity index (χ0) is 19.9. The SMILES string of the molecule is Cc1cc(C)n2ccc(C(=O)NC3CCC(OCC4CC(F)(F)C4)CC3)c2n1. The number of carbonyl (C=O) groups is 1. The number of fused-ring (bicyclic) bond motifs is 1. The molecule has 2 aliphatic carbocycles. The summed E-state index contributed by atoms with van der Waals surface area (Å²) >= 11 is 0. The Morgan fingerprint density at radius 3 is 2.68 bits per heavy atom. The van der Waals surface area contributed by atoms with E-state index >= 15 is 0 Å². The van der Waals surface area contributed by atoms with Gasteiger partial charge in [0.15, 0.2) is 0 Å². The average Bonchev–Trinajstić information content (AvgIpc) is 3.03. The largest absolute Gasteiger partial charge is 0.378 e. The zero-order valence-corrected chi connectivity index (χ0v) is 16.4. The van der Waals surface area contributed by atoms with Crippen molar-refractivity contribution in [1.29, 1.82) is 0 Å². The molecule has 1 N–H and O–H groups in total. The maximum absolute atomic E-state index is 12.9. The highest BCUT2D eigenvalue weighted by Gasteiger charge is 2.45. The van der Waals surface area contributed by atoms with Crippen molar-refractivity contribution in [2.75, 3.05) is 6.61 Å². The fourth-order valence-corrected chi connectivity index (χ4v) is 4.38. The van der Waals surface area contributed by atoms with Crippen LogP contribution in [0.1, 0.15) is 60.3 Å². The fraction of sp³-hybridized carbons (Fsp3) is 0.619. The van der Waals surface area contributed by atoms with Crippen molar-refractivity contribution in [2.24, 2.45) is 5.92 Å². The maximum Gasteiger partial charge on any atom is 0.255 e. The third-order valence-corrected chi connectivity index (χ3v) is 5.94. The monoisotopic (exact) mass is 391 g/mol. The Kier molecular flexibility index (Phi) is 5.12. The van der Waals surface area contributed by atoms with Crippen molar-refractivity contribution in [2.45, 2.75) is 70.4 Å². The molecule has 0 aliphatic heterocycles. The normalized spacial score (nSPS) is 24.9. The van der Waals surface area contributed by atoms with E-state index in [9.17, 15) is 13.6 Å². The van der Waals surface area contributed by atoms with Gasteiger partial charge in [-0.15, -0.1) is 0 Å². The summed E-state index contributed by atoms with van der Waals surface area (Å²) < 4.78 is 33.5. The molecule has 1 amide bonds. The van der Waals surface area contributed by atoms with Crippen LogP contribution in [0.25, 0.3) is 5.65 Å². The molecule has 152 valence electrons. The highest BCUT2D eigenvalue weighted by Crippen LogP contribution is 2.42. The maximum atomic E-state index is 12.9. The molecular weight excluding hydrogens is 364 g/mol. The first-order chi connectivity index (χ1) is 13.3. The van der Waals surface area contributed by atoms with Crippen molar-refractivity contribution < 1.29 is 18.3 Å². The number of halogens is 2. The number of aromatic nitrogens is 2. The number of carbonyl (C=O) groups excluding carboxylic acids is 1. The summed E-state index contributed by atoms with van der Waals surface area (Å²) in [5.41, 5.74) is 3.21. The highest BCUT2D eigenvalue weighted by atomic mass is 19.3. The van der Waals surface area contributed by atoms with E-state index in [4.69, 9.17) is 4.74 Å². The number of amides is 1. The van der Waals surface area contributed by atoms with Gasteiger partial charge in [0.1, 0.15) is 5.65 Å². The number of hydrogen-bond acceptors (Lipinski definition) is 3. The second-order valence-corrected chi connectivity index (χ2v) is 8.37. The number of nitrogens with zero attached hydrogens (tertiary/aromatic N) is 2. The quantitative estimate of drug-likeness (QED) is 0.836. The minimum absolute atomic E-state index is 0.00467. The summed E-state index contributed by atoms with van der Waals surface area (Å²) in [6.07, 6.45) is 5.28. The first-order valence-electron chi connectivity index (χ1n) is 10.1. The van der Waals surface area contributed by atoms with Gasteiger partial charge in [-0.05, 0) is 57.6 Å². The van der Waals surface area contributed by atoms with Crippen LogP contribution in [0.5, 0.6) is 0 Å². The van der Waals surface area contributed by atoms with E-state index in [0.717, 1.165) is 37.1 Å². The molecule has 28 heavy (non-hydrogen) atoms. The third-order valence-electron chi connectivity index (χ3n) is 5.94. The summed E-state index contributed by atoms with van der Waals surface area (Å²) in [5.74, 6) is -2.58. The molecule has 2 aromatic rings. The minimum atomic E-state index is -2.48. The molecule has 2 heterocycles. The van der Waals surface area contributed by atoms with E-state index in [1.54, 1.807) is 0 Å². The van der Waals surface area contributed by atoms with Crippen molar-refractivity contribution in [3.63, 3.8) is 0 Å². The van der Waals surface area contributed by atoms with Gasteiger partial charge in [-0.2, -0.15) is 0 Å². The lowest BCUT2D eigenvalue weighted by atomic mass is 9.82. The molecule has 0 spiro atoms. The lowest BCUT2D eigenvalue weighted by molar-refractivity contribution is -0.137. The first kappa shape index (κ1) is 19.3. The van der Waals surface area contributed by atoms with E-state index in [1.807, 2.05) is 36.6 Å². The van der Waals surface area contributed by atoms with Crippen LogP contribution < -0.4 is 5.32 Å². The van der Waals surface area contributed by atoms with Gasteiger partial charge in [0.05, 0.1) is 18.3 Å². The third kappa shape index (κ3) is 4.04. The standard InChI is InChI=1S/C21H27F2N3O2/c1-13-9-14(2)26-8-7-18(19(26)24-13)20(27)25-16-3-5-17(6-4-16)28-12-15-10-21(22,23)11-15/h7-9,15-17H,3-6,10-12H2,1-2H3,(H,25,27). The highest BCUT2D eigenvalue weighted by molar-refractivity contribution is 6.00. The molecule has 0 aromatic carbocycles. The smallest absolute Gasteiger partial charge is 0.255 e. The van der Waals surface area contributed by atoms with E-state index in [0.29, 0.717) is 17.8 Å². The van der Waals surface area contributed by atoms with Crippen molar-refractivity contribution in [3.8, 4) is 0 Å². The summed E-state index contributed by atoms with van der Waals surface area (Å²) in [6, 6.07) is 3.91. The van der Waals surface area contributed by atoms with E-state index in [2.05, 4.69) is 10.3 Å². The van der Waals surface area contributed by atoms with Crippen LogP contribution >= 0.6 is 0 Å². The summed E-state index contributed by atoms with van der Waals surface area (Å²) in [7, 11) is 0. The molecule has 2 saturated carbocycles. The Labute approximate surface area is 163 Å². The van der Waals surface area contributed by atoms with E-state index in [-0.39, 0.29) is 36.8 Å². The number of alkyl halides is 2. The van der Waals surface area contributed by atoms with Crippen LogP contribution in [0.15, 0.2) is 18.3 Å². The molecule has 5 nitrogen and oxygen atoms in total. The minimum Gasteiger partial charge on any atom is -0.378 e. The molecule has 0 radical (unpaired) electrons. The number of aryl methyl sites for hydroxylation is 2. The van der Waals surface area contributed by atoms with Gasteiger partial charge in [-0.3, -0.25) is 4.79 Å². The van der Waals surface area contributed by atoms with Gasteiger partial charge in [0.2, 0.25) is 5.92 Å². The Bertz CT molecular complexity index is 864. The zero-order valence-electron chi connectivity index (χ0n) is 16.4. The number of hydrogen-bond donors (Lipinski definition) is 1. The topological polar surface area (TPSA) is 55.6 Å². The van der Waals surface area contributed by atoms with E-state index in [1.165, 1.54) is 0 Å². The Morgan fingerprint density at radius 1 is 1.29 bits per heavy atom. The van der Waals surface area contributed by atoms with Gasteiger partial charge in [0.25, 0.3) is 5.91 Å². The predicted molar refractivity (Wildman–Crippen MR) is 102 cm³/mol. The number of nitrogens with one attached hydrogen (secondary N) is 1. The molecule has 2 aromatic heterocycles. The molecule has 7 heteroatoms. The molecule has 4 rings (SSSR count). The van der Waals surface area contributed by atoms with Gasteiger partial charge in [-0.25, -0.2) is 13.8 Å². The molecule has 2 aliphatic rings. The molecule has 0 bridgehead atoms. The molecule has 0 saturated heterocycles. The van der Waals surface area contributed by atoms with Crippen molar-refractivity contribution in [1.82, 2.24) is 14.7 Å². The first-order valence-corrected chi connectivity index (χ1v) is 10.1. The lowest BCUT2D eigenvalue weighted by Gasteiger charge is -2.36. The lowest BCUT2D eigenvalue weighted by Crippen LogP contribution is -2.41. The second kappa shape index (κ2) is 7.43. The van der Waals surface area contributed by atoms with Crippen LogP contribution in [0, 0.1) is 19.8 Å². The summed E-state index contributed by atoms with van der Waals surface area (Å²) in [5, 5.41) is 3.12. The summed E-state index contributed by atoms with van der Waals surface area (Å²) in [4.78, 5) is 17.3. The van der Waals surface area contributed by atoms with Crippen LogP contribution in [-0.4, -0.2) is 40.0 Å². The van der Waals surface area contributed by atoms with Crippen molar-refractivity contribution in [3.05, 3.63) is 35.3 Å². The van der Waals surface area contributed by atoms with Crippen LogP contribution in [0.2, 0.25) is 0 Å². The molecular formula is C21H27F2N3O2. The summed E-state index contributed by atoms with van der Waals surface area (Å²) in [6.45, 7) is 4.35. The van der Waals surface area contributed by atoms with Crippen LogP contribution in [0.3, 0.4) is 0 Å². The molecule has 2 fully saturated rings. The fourth-order valence-electron chi connectivity index (χ4n) is 4.38. The average molecular weight is 391 g/mol. The predicted octanol–water partition coefficient (Wildman–Crippen LogP) is 4.05. The Balaban J connectivity index is 1.27. The van der Waals surface area contributed by atoms with Gasteiger partial charge >= 0.3 is 0 Å². The van der Waals surface area contributed by atoms with Crippen LogP contribution in [0.4, 0.5) is 8.78 Å². The van der Waals surface area contributed by atoms with Crippen molar-refractivity contribution >= 4 is 11.6 Å². The van der Waals surface area contributed by atoms with Gasteiger partial charge in [-0.1, -0.05) is 0 Å². The molecule has 0 atom stereocenters. The van der Waals surface area contributed by atoms with Gasteiger partial charge in [0, 0.05) is 36.5 Å². The van der Waals surface area contributed by atoms with E-state index < -0.39 is 5.92 Å². The molecule has 0 unspecified atom stereocenters. The second-order valence-electron chi connectivity index (χ2n) is 8.37. The number of ether oxygens (including phenoxy) is 1. The van der Waals surface area contributed by atoms with Gasteiger partial charge < -0.3 is 14.5 Å². The number of rotatable bonds is 5. The Morgan fingerprint density at radius 2 is 2.00 bits per heavy atom.